The summed E-state index contributed by atoms with van der Waals surface area (Å²) in [5, 5.41) is 11.5. The van der Waals surface area contributed by atoms with Gasteiger partial charge in [0.15, 0.2) is 0 Å². The molecule has 1 radical (unpaired) electrons. The predicted octanol–water partition coefficient (Wildman–Crippen LogP) is 1.80. The van der Waals surface area contributed by atoms with Gasteiger partial charge in [-0.1, -0.05) is 50.1 Å². The highest BCUT2D eigenvalue weighted by Gasteiger charge is 2.18. The molecule has 18 heavy (non-hydrogen) atoms. The Labute approximate surface area is 107 Å². The van der Waals surface area contributed by atoms with Gasteiger partial charge in [0.1, 0.15) is 6.04 Å². The highest BCUT2D eigenvalue weighted by molar-refractivity contribution is 5.84. The van der Waals surface area contributed by atoms with Crippen LogP contribution >= 0.6 is 0 Å². The Kier molecular flexibility index (Phi) is 5.91. The number of aliphatic carboxylic acids is 1. The minimum atomic E-state index is -0.995. The van der Waals surface area contributed by atoms with Gasteiger partial charge in [0.05, 0.1) is 6.42 Å². The van der Waals surface area contributed by atoms with E-state index in [1.807, 2.05) is 30.3 Å². The Morgan fingerprint density at radius 2 is 1.94 bits per heavy atom. The third kappa shape index (κ3) is 4.99. The number of benzene rings is 1. The minimum absolute atomic E-state index is 0.203. The maximum absolute atomic E-state index is 11.7. The lowest BCUT2D eigenvalue weighted by molar-refractivity contribution is -0.141. The summed E-state index contributed by atoms with van der Waals surface area (Å²) in [7, 11) is 0. The highest BCUT2D eigenvalue weighted by Crippen LogP contribution is 2.03. The van der Waals surface area contributed by atoms with E-state index in [1.165, 1.54) is 0 Å². The van der Waals surface area contributed by atoms with Crippen LogP contribution in [0.3, 0.4) is 0 Å². The van der Waals surface area contributed by atoms with Crippen molar-refractivity contribution in [3.63, 3.8) is 0 Å². The number of carboxylic acids is 1. The maximum Gasteiger partial charge on any atom is 0.326 e. The van der Waals surface area contributed by atoms with Gasteiger partial charge in [-0.05, 0) is 12.0 Å². The Bertz CT molecular complexity index is 389. The van der Waals surface area contributed by atoms with Crippen LogP contribution in [0.15, 0.2) is 30.3 Å². The summed E-state index contributed by atoms with van der Waals surface area (Å²) in [6.07, 6.45) is 1.97. The zero-order chi connectivity index (χ0) is 13.4. The second kappa shape index (κ2) is 7.48. The molecule has 0 aliphatic heterocycles. The number of hydrogen-bond acceptors (Lipinski definition) is 2. The zero-order valence-corrected chi connectivity index (χ0v) is 10.3. The molecule has 0 spiro atoms. The largest absolute Gasteiger partial charge is 0.480 e. The summed E-state index contributed by atoms with van der Waals surface area (Å²) in [6, 6.07) is 8.43. The van der Waals surface area contributed by atoms with Gasteiger partial charge in [0, 0.05) is 0 Å². The number of nitrogens with one attached hydrogen (secondary N) is 1. The molecule has 2 N–H and O–H groups in total. The fourth-order valence-electron chi connectivity index (χ4n) is 1.63. The van der Waals surface area contributed by atoms with Gasteiger partial charge in [-0.3, -0.25) is 4.79 Å². The number of hydrogen-bond donors (Lipinski definition) is 2. The molecule has 1 amide bonds. The van der Waals surface area contributed by atoms with E-state index < -0.39 is 12.0 Å². The summed E-state index contributed by atoms with van der Waals surface area (Å²) in [6.45, 7) is 3.66. The van der Waals surface area contributed by atoms with Gasteiger partial charge in [-0.25, -0.2) is 4.79 Å². The molecule has 1 aromatic rings. The van der Waals surface area contributed by atoms with Gasteiger partial charge in [0.2, 0.25) is 5.91 Å². The van der Waals surface area contributed by atoms with Crippen LogP contribution in [0.1, 0.15) is 24.8 Å². The maximum atomic E-state index is 11.7. The molecular weight excluding hydrogens is 230 g/mol. The molecule has 97 valence electrons. The van der Waals surface area contributed by atoms with E-state index in [0.29, 0.717) is 19.3 Å². The normalized spacial score (nSPS) is 11.8. The second-order valence-corrected chi connectivity index (χ2v) is 4.12. The van der Waals surface area contributed by atoms with Crippen molar-refractivity contribution in [1.82, 2.24) is 5.32 Å². The molecule has 4 heteroatoms. The minimum Gasteiger partial charge on any atom is -0.480 e. The van der Waals surface area contributed by atoms with Crippen molar-refractivity contribution in [3.05, 3.63) is 42.8 Å². The van der Waals surface area contributed by atoms with E-state index in [9.17, 15) is 9.59 Å². The van der Waals surface area contributed by atoms with E-state index in [2.05, 4.69) is 12.2 Å². The Hall–Kier alpha value is -1.84. The molecular formula is C14H18NO3. The van der Waals surface area contributed by atoms with Crippen LogP contribution in [0.25, 0.3) is 0 Å². The summed E-state index contributed by atoms with van der Waals surface area (Å²) < 4.78 is 0. The van der Waals surface area contributed by atoms with Crippen LogP contribution < -0.4 is 5.32 Å². The van der Waals surface area contributed by atoms with Gasteiger partial charge in [0.25, 0.3) is 0 Å². The number of unbranched alkanes of at least 4 members (excludes halogenated alkanes) is 1. The van der Waals surface area contributed by atoms with Crippen LogP contribution in [0.4, 0.5) is 0 Å². The average Bonchev–Trinajstić information content (AvgIpc) is 2.35. The van der Waals surface area contributed by atoms with Crippen molar-refractivity contribution >= 4 is 11.9 Å². The van der Waals surface area contributed by atoms with Gasteiger partial charge < -0.3 is 10.4 Å². The molecule has 1 atom stereocenters. The lowest BCUT2D eigenvalue weighted by atomic mass is 10.1. The van der Waals surface area contributed by atoms with Crippen LogP contribution in [-0.4, -0.2) is 23.0 Å². The Morgan fingerprint density at radius 1 is 1.28 bits per heavy atom. The molecule has 0 saturated carbocycles. The third-order valence-corrected chi connectivity index (χ3v) is 2.58. The quantitative estimate of drug-likeness (QED) is 0.773. The van der Waals surface area contributed by atoms with E-state index >= 15 is 0 Å². The fourth-order valence-corrected chi connectivity index (χ4v) is 1.63. The molecule has 1 unspecified atom stereocenters. The molecule has 4 nitrogen and oxygen atoms in total. The lowest BCUT2D eigenvalue weighted by Gasteiger charge is -2.14. The van der Waals surface area contributed by atoms with Crippen molar-refractivity contribution in [2.75, 3.05) is 0 Å². The van der Waals surface area contributed by atoms with E-state index in [4.69, 9.17) is 5.11 Å². The molecule has 0 aliphatic rings. The number of carbonyl (C=O) groups is 2. The van der Waals surface area contributed by atoms with Crippen molar-refractivity contribution in [2.45, 2.75) is 31.7 Å². The first kappa shape index (κ1) is 14.2. The first-order valence-corrected chi connectivity index (χ1v) is 5.99. The fraction of sp³-hybridized carbons (Fsp3) is 0.357. The summed E-state index contributed by atoms with van der Waals surface area (Å²) in [5.74, 6) is -1.26. The first-order chi connectivity index (χ1) is 8.63. The van der Waals surface area contributed by atoms with Crippen molar-refractivity contribution in [3.8, 4) is 0 Å². The summed E-state index contributed by atoms with van der Waals surface area (Å²) in [4.78, 5) is 22.7. The van der Waals surface area contributed by atoms with Crippen LogP contribution in [0.2, 0.25) is 0 Å². The number of carboxylic acid groups (broad SMARTS) is 1. The van der Waals surface area contributed by atoms with Crippen molar-refractivity contribution in [1.29, 1.82) is 0 Å². The molecule has 1 rings (SSSR count). The van der Waals surface area contributed by atoms with E-state index in [1.54, 1.807) is 0 Å². The Morgan fingerprint density at radius 3 is 2.50 bits per heavy atom. The molecule has 0 aliphatic carbocycles. The summed E-state index contributed by atoms with van der Waals surface area (Å²) in [5.41, 5.74) is 0.872. The van der Waals surface area contributed by atoms with Gasteiger partial charge >= 0.3 is 5.97 Å². The average molecular weight is 248 g/mol. The molecule has 0 heterocycles. The van der Waals surface area contributed by atoms with Crippen LogP contribution in [-0.2, 0) is 16.0 Å². The van der Waals surface area contributed by atoms with Crippen LogP contribution in [0, 0.1) is 6.92 Å². The first-order valence-electron chi connectivity index (χ1n) is 5.99. The molecule has 0 bridgehead atoms. The SMILES string of the molecule is [CH2]CCCC(NC(=O)Cc1ccccc1)C(=O)O. The molecule has 0 fully saturated rings. The monoisotopic (exact) mass is 248 g/mol. The summed E-state index contributed by atoms with van der Waals surface area (Å²) >= 11 is 0. The van der Waals surface area contributed by atoms with E-state index in [0.717, 1.165) is 5.56 Å². The molecule has 0 saturated heterocycles. The van der Waals surface area contributed by atoms with Crippen LogP contribution in [0.5, 0.6) is 0 Å². The molecule has 0 aromatic heterocycles. The standard InChI is InChI=1S/C14H18NO3/c1-2-3-9-12(14(17)18)15-13(16)10-11-7-5-4-6-8-11/h4-8,12H,1-3,9-10H2,(H,15,16)(H,17,18). The number of amides is 1. The predicted molar refractivity (Wildman–Crippen MR) is 68.9 cm³/mol. The van der Waals surface area contributed by atoms with E-state index in [-0.39, 0.29) is 12.3 Å². The highest BCUT2D eigenvalue weighted by atomic mass is 16.4. The number of rotatable bonds is 7. The van der Waals surface area contributed by atoms with Crippen molar-refractivity contribution in [2.24, 2.45) is 0 Å². The Balaban J connectivity index is 2.48. The van der Waals surface area contributed by atoms with Gasteiger partial charge in [-0.15, -0.1) is 0 Å². The van der Waals surface area contributed by atoms with Gasteiger partial charge in [-0.2, -0.15) is 0 Å². The van der Waals surface area contributed by atoms with Crippen molar-refractivity contribution < 1.29 is 14.7 Å². The lowest BCUT2D eigenvalue weighted by Crippen LogP contribution is -2.41. The third-order valence-electron chi connectivity index (χ3n) is 2.58. The topological polar surface area (TPSA) is 66.4 Å². The zero-order valence-electron chi connectivity index (χ0n) is 10.3. The number of carbonyl (C=O) groups excluding carboxylic acids is 1. The second-order valence-electron chi connectivity index (χ2n) is 4.12. The smallest absolute Gasteiger partial charge is 0.326 e. The molecule has 1 aromatic carbocycles.